The Morgan fingerprint density at radius 1 is 1.42 bits per heavy atom. The van der Waals surface area contributed by atoms with Gasteiger partial charge in [0.25, 0.3) is 5.91 Å². The summed E-state index contributed by atoms with van der Waals surface area (Å²) in [4.78, 5) is 15.9. The number of rotatable bonds is 5. The summed E-state index contributed by atoms with van der Waals surface area (Å²) < 4.78 is 14.1. The van der Waals surface area contributed by atoms with E-state index in [4.69, 9.17) is 11.0 Å². The zero-order valence-electron chi connectivity index (χ0n) is 14.0. The number of nitriles is 1. The predicted octanol–water partition coefficient (Wildman–Crippen LogP) is 1.91. The summed E-state index contributed by atoms with van der Waals surface area (Å²) in [6, 6.07) is 10.2. The second-order valence-corrected chi connectivity index (χ2v) is 6.06. The van der Waals surface area contributed by atoms with Gasteiger partial charge < -0.3 is 21.7 Å². The largest absolute Gasteiger partial charge is 0.378 e. The number of alkyl halides is 1. The molecule has 0 radical (unpaired) electrons. The van der Waals surface area contributed by atoms with Crippen LogP contribution in [0.3, 0.4) is 0 Å². The summed E-state index contributed by atoms with van der Waals surface area (Å²) in [5.41, 5.74) is 7.24. The second-order valence-electron chi connectivity index (χ2n) is 6.06. The normalized spacial score (nSPS) is 19.4. The Kier molecular flexibility index (Phi) is 5.29. The number of primary amides is 1. The maximum atomic E-state index is 14.1. The summed E-state index contributed by atoms with van der Waals surface area (Å²) in [7, 11) is 0. The van der Waals surface area contributed by atoms with Gasteiger partial charge in [-0.05, 0) is 31.2 Å². The molecule has 8 heteroatoms. The molecule has 1 aromatic carbocycles. The molecule has 1 saturated heterocycles. The third-order valence-electron chi connectivity index (χ3n) is 4.18. The Morgan fingerprint density at radius 2 is 2.27 bits per heavy atom. The Morgan fingerprint density at radius 3 is 3.00 bits per heavy atom. The van der Waals surface area contributed by atoms with Crippen molar-refractivity contribution in [1.29, 1.82) is 5.26 Å². The van der Waals surface area contributed by atoms with Gasteiger partial charge in [0.2, 0.25) is 0 Å². The molecule has 2 atom stereocenters. The number of pyridine rings is 1. The SMILES string of the molecule is N#Cc1cccc(Nc2cc(N[C@@H]3CCNC[C@@H]3F)c(C(N)=O)cn2)c1. The van der Waals surface area contributed by atoms with E-state index in [0.717, 1.165) is 0 Å². The highest BCUT2D eigenvalue weighted by molar-refractivity contribution is 5.98. The van der Waals surface area contributed by atoms with Crippen LogP contribution in [0.25, 0.3) is 0 Å². The number of aromatic nitrogens is 1. The van der Waals surface area contributed by atoms with Gasteiger partial charge >= 0.3 is 0 Å². The zero-order valence-corrected chi connectivity index (χ0v) is 14.0. The average Bonchev–Trinajstić information content (AvgIpc) is 2.64. The highest BCUT2D eigenvalue weighted by Gasteiger charge is 2.25. The highest BCUT2D eigenvalue weighted by Crippen LogP contribution is 2.24. The van der Waals surface area contributed by atoms with Gasteiger partial charge in [0.05, 0.1) is 28.9 Å². The topological polar surface area (TPSA) is 116 Å². The van der Waals surface area contributed by atoms with Crippen molar-refractivity contribution in [3.05, 3.63) is 47.7 Å². The van der Waals surface area contributed by atoms with E-state index in [2.05, 4.69) is 27.0 Å². The Bertz CT molecular complexity index is 850. The number of carbonyl (C=O) groups excluding carboxylic acids is 1. The molecule has 0 aliphatic carbocycles. The molecule has 0 saturated carbocycles. The molecule has 1 amide bonds. The fourth-order valence-electron chi connectivity index (χ4n) is 2.84. The molecular weight excluding hydrogens is 335 g/mol. The molecule has 1 aromatic heterocycles. The van der Waals surface area contributed by atoms with Crippen molar-refractivity contribution in [2.24, 2.45) is 5.73 Å². The number of nitrogens with zero attached hydrogens (tertiary/aromatic N) is 2. The monoisotopic (exact) mass is 354 g/mol. The van der Waals surface area contributed by atoms with E-state index in [1.165, 1.54) is 6.20 Å². The van der Waals surface area contributed by atoms with Gasteiger partial charge in [-0.2, -0.15) is 5.26 Å². The quantitative estimate of drug-likeness (QED) is 0.652. The van der Waals surface area contributed by atoms with Gasteiger partial charge in [-0.1, -0.05) is 6.07 Å². The van der Waals surface area contributed by atoms with Crippen LogP contribution in [-0.2, 0) is 0 Å². The Labute approximate surface area is 150 Å². The van der Waals surface area contributed by atoms with E-state index in [1.807, 2.05) is 0 Å². The fraction of sp³-hybridized carbons (Fsp3) is 0.278. The average molecular weight is 354 g/mol. The molecule has 5 N–H and O–H groups in total. The van der Waals surface area contributed by atoms with Crippen molar-refractivity contribution >= 4 is 23.1 Å². The molecule has 134 valence electrons. The molecule has 0 spiro atoms. The lowest BCUT2D eigenvalue weighted by Gasteiger charge is -2.29. The molecule has 2 heterocycles. The van der Waals surface area contributed by atoms with Gasteiger partial charge in [0, 0.05) is 24.5 Å². The number of benzene rings is 1. The molecule has 0 bridgehead atoms. The van der Waals surface area contributed by atoms with Crippen LogP contribution < -0.4 is 21.7 Å². The lowest BCUT2D eigenvalue weighted by atomic mass is 10.0. The van der Waals surface area contributed by atoms with E-state index in [-0.39, 0.29) is 12.1 Å². The third-order valence-corrected chi connectivity index (χ3v) is 4.18. The van der Waals surface area contributed by atoms with Crippen LogP contribution in [0.4, 0.5) is 21.6 Å². The first kappa shape index (κ1) is 17.6. The summed E-state index contributed by atoms with van der Waals surface area (Å²) in [5.74, 6) is -0.181. The van der Waals surface area contributed by atoms with Crippen molar-refractivity contribution < 1.29 is 9.18 Å². The molecule has 1 aliphatic heterocycles. The zero-order chi connectivity index (χ0) is 18.5. The first-order valence-electron chi connectivity index (χ1n) is 8.25. The van der Waals surface area contributed by atoms with Crippen LogP contribution in [0.15, 0.2) is 36.5 Å². The summed E-state index contributed by atoms with van der Waals surface area (Å²) in [6.07, 6.45) is 0.880. The lowest BCUT2D eigenvalue weighted by Crippen LogP contribution is -2.45. The van der Waals surface area contributed by atoms with Crippen LogP contribution in [0.1, 0.15) is 22.3 Å². The van der Waals surface area contributed by atoms with Gasteiger partial charge in [-0.25, -0.2) is 9.37 Å². The number of carbonyl (C=O) groups is 1. The third kappa shape index (κ3) is 4.07. The predicted molar refractivity (Wildman–Crippen MR) is 97.0 cm³/mol. The highest BCUT2D eigenvalue weighted by atomic mass is 19.1. The number of nitrogens with two attached hydrogens (primary N) is 1. The van der Waals surface area contributed by atoms with E-state index in [0.29, 0.717) is 35.7 Å². The minimum atomic E-state index is -1.07. The Balaban J connectivity index is 1.85. The van der Waals surface area contributed by atoms with Gasteiger partial charge in [0.15, 0.2) is 0 Å². The molecule has 7 nitrogen and oxygen atoms in total. The van der Waals surface area contributed by atoms with Crippen molar-refractivity contribution in [2.75, 3.05) is 23.7 Å². The minimum Gasteiger partial charge on any atom is -0.378 e. The van der Waals surface area contributed by atoms with Crippen LogP contribution in [-0.4, -0.2) is 36.2 Å². The molecule has 2 aromatic rings. The van der Waals surface area contributed by atoms with Gasteiger partial charge in [0.1, 0.15) is 12.0 Å². The van der Waals surface area contributed by atoms with Crippen LogP contribution in [0.5, 0.6) is 0 Å². The number of hydrogen-bond acceptors (Lipinski definition) is 6. The number of anilines is 3. The lowest BCUT2D eigenvalue weighted by molar-refractivity contribution is 0.100. The summed E-state index contributed by atoms with van der Waals surface area (Å²) in [5, 5.41) is 18.1. The maximum absolute atomic E-state index is 14.1. The maximum Gasteiger partial charge on any atom is 0.252 e. The van der Waals surface area contributed by atoms with Crippen LogP contribution >= 0.6 is 0 Å². The van der Waals surface area contributed by atoms with E-state index >= 15 is 0 Å². The standard InChI is InChI=1S/C18H19FN6O/c19-14-10-22-5-4-15(14)25-16-7-17(23-9-13(16)18(21)26)24-12-3-1-2-11(6-12)8-20/h1-3,6-7,9,14-15,22H,4-5,10H2,(H2,21,26)(H2,23,24,25)/t14-,15+/m0/s1. The first-order valence-corrected chi connectivity index (χ1v) is 8.25. The molecule has 26 heavy (non-hydrogen) atoms. The van der Waals surface area contributed by atoms with E-state index in [9.17, 15) is 9.18 Å². The number of hydrogen-bond donors (Lipinski definition) is 4. The Hall–Kier alpha value is -3.18. The molecular formula is C18H19FN6O. The molecule has 0 unspecified atom stereocenters. The van der Waals surface area contributed by atoms with Crippen molar-refractivity contribution in [3.63, 3.8) is 0 Å². The molecule has 1 aliphatic rings. The number of amides is 1. The first-order chi connectivity index (χ1) is 12.6. The van der Waals surface area contributed by atoms with Crippen molar-refractivity contribution in [2.45, 2.75) is 18.6 Å². The summed E-state index contributed by atoms with van der Waals surface area (Å²) >= 11 is 0. The number of halogens is 1. The fourth-order valence-corrected chi connectivity index (χ4v) is 2.84. The van der Waals surface area contributed by atoms with Crippen LogP contribution in [0.2, 0.25) is 0 Å². The van der Waals surface area contributed by atoms with Gasteiger partial charge in [-0.15, -0.1) is 0 Å². The minimum absolute atomic E-state index is 0.201. The summed E-state index contributed by atoms with van der Waals surface area (Å²) in [6.45, 7) is 0.960. The smallest absolute Gasteiger partial charge is 0.252 e. The second kappa shape index (κ2) is 7.80. The van der Waals surface area contributed by atoms with Gasteiger partial charge in [-0.3, -0.25) is 4.79 Å². The number of piperidine rings is 1. The van der Waals surface area contributed by atoms with E-state index < -0.39 is 18.1 Å². The van der Waals surface area contributed by atoms with Crippen LogP contribution in [0, 0.1) is 11.3 Å². The van der Waals surface area contributed by atoms with Crippen molar-refractivity contribution in [1.82, 2.24) is 10.3 Å². The molecule has 1 fully saturated rings. The van der Waals surface area contributed by atoms with E-state index in [1.54, 1.807) is 30.3 Å². The van der Waals surface area contributed by atoms with Crippen molar-refractivity contribution in [3.8, 4) is 6.07 Å². The molecule has 3 rings (SSSR count). The number of nitrogens with one attached hydrogen (secondary N) is 3.